The van der Waals surface area contributed by atoms with Gasteiger partial charge in [-0.15, -0.1) is 0 Å². The van der Waals surface area contributed by atoms with Crippen LogP contribution < -0.4 is 4.74 Å². The van der Waals surface area contributed by atoms with Crippen molar-refractivity contribution in [3.05, 3.63) is 40.4 Å². The monoisotopic (exact) mass is 472 g/mol. The largest absolute Gasteiger partial charge is 0.486 e. The van der Waals surface area contributed by atoms with Gasteiger partial charge in [-0.1, -0.05) is 52.7 Å². The van der Waals surface area contributed by atoms with Crippen molar-refractivity contribution in [2.75, 3.05) is 13.1 Å². The molecule has 0 N–H and O–H groups in total. The zero-order valence-corrected chi connectivity index (χ0v) is 22.2. The van der Waals surface area contributed by atoms with E-state index < -0.39 is 0 Å². The third-order valence-corrected chi connectivity index (χ3v) is 6.98. The van der Waals surface area contributed by atoms with Gasteiger partial charge >= 0.3 is 0 Å². The van der Waals surface area contributed by atoms with E-state index in [0.29, 0.717) is 12.6 Å². The predicted octanol–water partition coefficient (Wildman–Crippen LogP) is 7.02. The quantitative estimate of drug-likeness (QED) is 0.261. The fourth-order valence-corrected chi connectivity index (χ4v) is 4.79. The third-order valence-electron chi connectivity index (χ3n) is 6.57. The van der Waals surface area contributed by atoms with Gasteiger partial charge in [-0.05, 0) is 87.3 Å². The molecule has 1 atom stereocenters. The number of hydrogen-bond donors (Lipinski definition) is 0. The van der Waals surface area contributed by atoms with Crippen LogP contribution in [0.3, 0.4) is 0 Å². The normalized spacial score (nSPS) is 14.9. The summed E-state index contributed by atoms with van der Waals surface area (Å²) in [6, 6.07) is 8.69. The van der Waals surface area contributed by atoms with E-state index in [1.165, 1.54) is 31.2 Å². The molecule has 33 heavy (non-hydrogen) atoms. The Morgan fingerprint density at radius 2 is 1.85 bits per heavy atom. The summed E-state index contributed by atoms with van der Waals surface area (Å²) in [6.45, 7) is 14.7. The van der Waals surface area contributed by atoms with Crippen molar-refractivity contribution in [3.63, 3.8) is 0 Å². The standard InChI is InChI=1S/C27H44N4OS/c1-6-17-29(18-24-11-12-24)20-30-27(33)31(22(5)10-8-9-21(3)4)26(28-30)19-32-25-15-13-23(7-2)14-16-25/h13-16,21-22,24H,6-12,17-20H2,1-5H3/t22-/m0/s1. The number of nitrogens with zero attached hydrogens (tertiary/aromatic N) is 4. The minimum absolute atomic E-state index is 0.314. The predicted molar refractivity (Wildman–Crippen MR) is 139 cm³/mol. The van der Waals surface area contributed by atoms with Gasteiger partial charge in [0.25, 0.3) is 0 Å². The van der Waals surface area contributed by atoms with E-state index in [1.54, 1.807) is 0 Å². The molecule has 1 heterocycles. The Morgan fingerprint density at radius 1 is 1.12 bits per heavy atom. The lowest BCUT2D eigenvalue weighted by Gasteiger charge is -2.21. The first kappa shape index (κ1) is 26.0. The molecule has 1 aromatic carbocycles. The molecular formula is C27H44N4OS. The van der Waals surface area contributed by atoms with E-state index in [-0.39, 0.29) is 0 Å². The highest BCUT2D eigenvalue weighted by Gasteiger charge is 2.25. The second kappa shape index (κ2) is 12.7. The van der Waals surface area contributed by atoms with Crippen LogP contribution in [0.2, 0.25) is 0 Å². The van der Waals surface area contributed by atoms with Crippen molar-refractivity contribution in [1.29, 1.82) is 0 Å². The van der Waals surface area contributed by atoms with Gasteiger partial charge in [-0.25, -0.2) is 4.68 Å². The number of ether oxygens (including phenoxy) is 1. The van der Waals surface area contributed by atoms with E-state index >= 15 is 0 Å². The third kappa shape index (κ3) is 7.96. The molecular weight excluding hydrogens is 428 g/mol. The first-order chi connectivity index (χ1) is 15.9. The number of aromatic nitrogens is 3. The molecule has 1 aliphatic rings. The Morgan fingerprint density at radius 3 is 2.45 bits per heavy atom. The number of rotatable bonds is 15. The van der Waals surface area contributed by atoms with Gasteiger partial charge in [-0.2, -0.15) is 5.10 Å². The number of hydrogen-bond acceptors (Lipinski definition) is 4. The van der Waals surface area contributed by atoms with Crippen LogP contribution in [0.4, 0.5) is 0 Å². The van der Waals surface area contributed by atoms with E-state index in [0.717, 1.165) is 67.2 Å². The summed E-state index contributed by atoms with van der Waals surface area (Å²) in [5, 5.41) is 4.98. The van der Waals surface area contributed by atoms with Crippen molar-refractivity contribution in [1.82, 2.24) is 19.2 Å². The molecule has 0 bridgehead atoms. The smallest absolute Gasteiger partial charge is 0.199 e. The first-order valence-electron chi connectivity index (χ1n) is 13.0. The van der Waals surface area contributed by atoms with Crippen LogP contribution in [-0.2, 0) is 19.7 Å². The van der Waals surface area contributed by atoms with Crippen LogP contribution in [0.5, 0.6) is 5.75 Å². The zero-order chi connectivity index (χ0) is 23.8. The van der Waals surface area contributed by atoms with Gasteiger partial charge in [-0.3, -0.25) is 9.47 Å². The highest BCUT2D eigenvalue weighted by atomic mass is 32.1. The Hall–Kier alpha value is -1.66. The summed E-state index contributed by atoms with van der Waals surface area (Å²) in [5.41, 5.74) is 1.32. The molecule has 1 saturated carbocycles. The molecule has 0 amide bonds. The van der Waals surface area contributed by atoms with Gasteiger partial charge in [0.05, 0.1) is 6.67 Å². The number of aryl methyl sites for hydroxylation is 1. The maximum absolute atomic E-state index is 6.16. The molecule has 0 unspecified atom stereocenters. The summed E-state index contributed by atoms with van der Waals surface area (Å²) in [6.07, 6.45) is 8.47. The van der Waals surface area contributed by atoms with Crippen molar-refractivity contribution in [3.8, 4) is 5.75 Å². The molecule has 184 valence electrons. The van der Waals surface area contributed by atoms with Gasteiger partial charge in [0.15, 0.2) is 10.6 Å². The van der Waals surface area contributed by atoms with Crippen molar-refractivity contribution in [2.45, 2.75) is 98.9 Å². The molecule has 3 rings (SSSR count). The molecule has 0 spiro atoms. The summed E-state index contributed by atoms with van der Waals surface area (Å²) in [7, 11) is 0. The van der Waals surface area contributed by atoms with Gasteiger partial charge in [0.1, 0.15) is 12.4 Å². The van der Waals surface area contributed by atoms with E-state index in [4.69, 9.17) is 22.1 Å². The SMILES string of the molecule is CCCN(CC1CC1)Cn1nc(COc2ccc(CC)cc2)n([C@@H](C)CCCC(C)C)c1=S. The molecule has 2 aromatic rings. The lowest BCUT2D eigenvalue weighted by Crippen LogP contribution is -2.30. The van der Waals surface area contributed by atoms with Crippen molar-refractivity contribution in [2.24, 2.45) is 11.8 Å². The van der Waals surface area contributed by atoms with Gasteiger partial charge in [0, 0.05) is 12.6 Å². The second-order valence-corrected chi connectivity index (χ2v) is 10.6. The average molecular weight is 473 g/mol. The lowest BCUT2D eigenvalue weighted by atomic mass is 10.0. The van der Waals surface area contributed by atoms with Crippen LogP contribution in [0.15, 0.2) is 24.3 Å². The van der Waals surface area contributed by atoms with Gasteiger partial charge < -0.3 is 4.74 Å². The molecule has 1 aliphatic carbocycles. The number of benzene rings is 1. The zero-order valence-electron chi connectivity index (χ0n) is 21.4. The Balaban J connectivity index is 1.77. The van der Waals surface area contributed by atoms with Crippen LogP contribution in [0.25, 0.3) is 0 Å². The molecule has 5 nitrogen and oxygen atoms in total. The molecule has 1 aromatic heterocycles. The topological polar surface area (TPSA) is 35.2 Å². The fourth-order valence-electron chi connectivity index (χ4n) is 4.41. The van der Waals surface area contributed by atoms with Crippen molar-refractivity contribution < 1.29 is 4.74 Å². The highest BCUT2D eigenvalue weighted by Crippen LogP contribution is 2.30. The second-order valence-electron chi connectivity index (χ2n) is 10.2. The maximum Gasteiger partial charge on any atom is 0.199 e. The van der Waals surface area contributed by atoms with Crippen molar-refractivity contribution >= 4 is 12.2 Å². The Kier molecular flexibility index (Phi) is 9.99. The highest BCUT2D eigenvalue weighted by molar-refractivity contribution is 7.71. The molecule has 1 fully saturated rings. The van der Waals surface area contributed by atoms with Crippen LogP contribution in [0, 0.1) is 16.6 Å². The van der Waals surface area contributed by atoms with E-state index in [1.807, 2.05) is 4.68 Å². The fraction of sp³-hybridized carbons (Fsp3) is 0.704. The first-order valence-corrected chi connectivity index (χ1v) is 13.4. The molecule has 0 radical (unpaired) electrons. The summed E-state index contributed by atoms with van der Waals surface area (Å²) >= 11 is 5.97. The van der Waals surface area contributed by atoms with E-state index in [2.05, 4.69) is 68.4 Å². The molecule has 0 aliphatic heterocycles. The minimum atomic E-state index is 0.314. The van der Waals surface area contributed by atoms with Gasteiger partial charge in [0.2, 0.25) is 0 Å². The van der Waals surface area contributed by atoms with Crippen LogP contribution in [0.1, 0.15) is 90.6 Å². The minimum Gasteiger partial charge on any atom is -0.486 e. The van der Waals surface area contributed by atoms with Crippen LogP contribution >= 0.6 is 12.2 Å². The molecule has 0 saturated heterocycles. The van der Waals surface area contributed by atoms with Crippen LogP contribution in [-0.4, -0.2) is 32.3 Å². The maximum atomic E-state index is 6.16. The van der Waals surface area contributed by atoms with E-state index in [9.17, 15) is 0 Å². The molecule has 6 heteroatoms. The summed E-state index contributed by atoms with van der Waals surface area (Å²) in [5.74, 6) is 3.40. The Labute approximate surface area is 206 Å². The summed E-state index contributed by atoms with van der Waals surface area (Å²) < 4.78 is 11.3. The average Bonchev–Trinajstić information content (AvgIpc) is 3.55. The lowest BCUT2D eigenvalue weighted by molar-refractivity contribution is 0.196. The summed E-state index contributed by atoms with van der Waals surface area (Å²) in [4.78, 5) is 2.52. The Bertz CT molecular complexity index is 898.